The average Bonchev–Trinajstić information content (AvgIpc) is 2.04. The molecule has 1 rings (SSSR count). The molecule has 0 saturated carbocycles. The summed E-state index contributed by atoms with van der Waals surface area (Å²) in [4.78, 5) is 3.86. The maximum atomic E-state index is 12.6. The standard InChI is InChI=1S/C8H8ClFN2/c9-5-8(11)12-7-3-1-2-6(10)4-7/h1-4H,5H2,(H2,11,12). The van der Waals surface area contributed by atoms with E-state index in [0.29, 0.717) is 5.69 Å². The van der Waals surface area contributed by atoms with Crippen molar-refractivity contribution in [2.24, 2.45) is 10.7 Å². The molecule has 0 fully saturated rings. The third-order valence-corrected chi connectivity index (χ3v) is 1.49. The first-order chi connectivity index (χ1) is 5.72. The van der Waals surface area contributed by atoms with Crippen LogP contribution in [0.4, 0.5) is 10.1 Å². The normalized spacial score (nSPS) is 11.7. The minimum absolute atomic E-state index is 0.149. The van der Waals surface area contributed by atoms with Gasteiger partial charge in [0.15, 0.2) is 0 Å². The van der Waals surface area contributed by atoms with E-state index in [1.807, 2.05) is 0 Å². The smallest absolute Gasteiger partial charge is 0.125 e. The lowest BCUT2D eigenvalue weighted by Gasteiger charge is -1.95. The fourth-order valence-corrected chi connectivity index (χ4v) is 0.801. The summed E-state index contributed by atoms with van der Waals surface area (Å²) in [5.74, 6) is 0.0946. The molecule has 0 aliphatic rings. The van der Waals surface area contributed by atoms with Crippen LogP contribution in [0, 0.1) is 5.82 Å². The van der Waals surface area contributed by atoms with E-state index < -0.39 is 0 Å². The van der Waals surface area contributed by atoms with Gasteiger partial charge >= 0.3 is 0 Å². The van der Waals surface area contributed by atoms with Crippen LogP contribution in [0.1, 0.15) is 0 Å². The maximum Gasteiger partial charge on any atom is 0.125 e. The molecule has 0 aromatic heterocycles. The predicted octanol–water partition coefficient (Wildman–Crippen LogP) is 2.05. The summed E-state index contributed by atoms with van der Waals surface area (Å²) >= 11 is 5.39. The van der Waals surface area contributed by atoms with Crippen molar-refractivity contribution in [3.05, 3.63) is 30.1 Å². The predicted molar refractivity (Wildman–Crippen MR) is 48.4 cm³/mol. The van der Waals surface area contributed by atoms with E-state index in [9.17, 15) is 4.39 Å². The second-order valence-electron chi connectivity index (χ2n) is 2.22. The van der Waals surface area contributed by atoms with Crippen LogP contribution in [0.15, 0.2) is 29.3 Å². The topological polar surface area (TPSA) is 38.4 Å². The molecule has 64 valence electrons. The first-order valence-electron chi connectivity index (χ1n) is 3.37. The fourth-order valence-electron chi connectivity index (χ4n) is 0.741. The molecule has 0 bridgehead atoms. The van der Waals surface area contributed by atoms with E-state index in [2.05, 4.69) is 4.99 Å². The molecule has 0 aliphatic heterocycles. The number of hydrogen-bond acceptors (Lipinski definition) is 1. The number of benzene rings is 1. The minimum Gasteiger partial charge on any atom is -0.386 e. The number of nitrogens with two attached hydrogens (primary N) is 1. The Morgan fingerprint density at radius 3 is 2.92 bits per heavy atom. The van der Waals surface area contributed by atoms with Gasteiger partial charge in [-0.1, -0.05) is 6.07 Å². The quantitative estimate of drug-likeness (QED) is 0.429. The lowest BCUT2D eigenvalue weighted by molar-refractivity contribution is 0.628. The van der Waals surface area contributed by atoms with Gasteiger partial charge in [-0.05, 0) is 18.2 Å². The Morgan fingerprint density at radius 1 is 1.58 bits per heavy atom. The average molecular weight is 187 g/mol. The summed E-state index contributed by atoms with van der Waals surface area (Å²) in [6, 6.07) is 5.85. The summed E-state index contributed by atoms with van der Waals surface area (Å²) in [6.45, 7) is 0. The van der Waals surface area contributed by atoms with Crippen molar-refractivity contribution in [3.63, 3.8) is 0 Å². The van der Waals surface area contributed by atoms with Crippen molar-refractivity contribution in [2.45, 2.75) is 0 Å². The fraction of sp³-hybridized carbons (Fsp3) is 0.125. The molecule has 2 nitrogen and oxygen atoms in total. The summed E-state index contributed by atoms with van der Waals surface area (Å²) in [5, 5.41) is 0. The Labute approximate surface area is 74.9 Å². The summed E-state index contributed by atoms with van der Waals surface area (Å²) in [7, 11) is 0. The molecule has 2 N–H and O–H groups in total. The molecule has 0 atom stereocenters. The lowest BCUT2D eigenvalue weighted by Crippen LogP contribution is -2.12. The Balaban J connectivity index is 2.89. The maximum absolute atomic E-state index is 12.6. The van der Waals surface area contributed by atoms with Gasteiger partial charge in [0, 0.05) is 0 Å². The number of aliphatic imine (C=N–C) groups is 1. The van der Waals surface area contributed by atoms with Gasteiger partial charge in [0.05, 0.1) is 11.6 Å². The SMILES string of the molecule is NC(CCl)=Nc1cccc(F)c1. The molecule has 0 amide bonds. The van der Waals surface area contributed by atoms with E-state index in [-0.39, 0.29) is 17.5 Å². The van der Waals surface area contributed by atoms with Gasteiger partial charge in [-0.15, -0.1) is 11.6 Å². The molecule has 0 radical (unpaired) electrons. The molecule has 1 aromatic carbocycles. The Morgan fingerprint density at radius 2 is 2.33 bits per heavy atom. The zero-order chi connectivity index (χ0) is 8.97. The summed E-state index contributed by atoms with van der Waals surface area (Å²) < 4.78 is 12.6. The van der Waals surface area contributed by atoms with Crippen LogP contribution < -0.4 is 5.73 Å². The zero-order valence-corrected chi connectivity index (χ0v) is 7.05. The van der Waals surface area contributed by atoms with Gasteiger partial charge in [-0.25, -0.2) is 9.38 Å². The number of alkyl halides is 1. The van der Waals surface area contributed by atoms with Crippen molar-refractivity contribution < 1.29 is 4.39 Å². The van der Waals surface area contributed by atoms with Crippen molar-refractivity contribution in [3.8, 4) is 0 Å². The van der Waals surface area contributed by atoms with Crippen LogP contribution in [0.5, 0.6) is 0 Å². The van der Waals surface area contributed by atoms with Crippen LogP contribution in [-0.2, 0) is 0 Å². The molecule has 0 saturated heterocycles. The summed E-state index contributed by atoms with van der Waals surface area (Å²) in [5.41, 5.74) is 5.83. The molecule has 12 heavy (non-hydrogen) atoms. The van der Waals surface area contributed by atoms with Gasteiger partial charge in [-0.3, -0.25) is 0 Å². The highest BCUT2D eigenvalue weighted by atomic mass is 35.5. The van der Waals surface area contributed by atoms with Crippen molar-refractivity contribution >= 4 is 23.1 Å². The number of rotatable bonds is 2. The number of amidine groups is 1. The van der Waals surface area contributed by atoms with Gasteiger partial charge < -0.3 is 5.73 Å². The van der Waals surface area contributed by atoms with Crippen LogP contribution in [-0.4, -0.2) is 11.7 Å². The van der Waals surface area contributed by atoms with E-state index in [4.69, 9.17) is 17.3 Å². The highest BCUT2D eigenvalue weighted by Crippen LogP contribution is 2.12. The molecule has 0 spiro atoms. The second-order valence-corrected chi connectivity index (χ2v) is 2.48. The van der Waals surface area contributed by atoms with Crippen LogP contribution >= 0.6 is 11.6 Å². The third-order valence-electron chi connectivity index (χ3n) is 1.22. The monoisotopic (exact) mass is 186 g/mol. The molecule has 0 aliphatic carbocycles. The molecule has 0 heterocycles. The highest BCUT2D eigenvalue weighted by Gasteiger charge is 1.93. The second kappa shape index (κ2) is 4.07. The first kappa shape index (κ1) is 9.00. The van der Waals surface area contributed by atoms with Gasteiger partial charge in [-0.2, -0.15) is 0 Å². The van der Waals surface area contributed by atoms with Crippen molar-refractivity contribution in [1.82, 2.24) is 0 Å². The first-order valence-corrected chi connectivity index (χ1v) is 3.90. The minimum atomic E-state index is -0.335. The zero-order valence-electron chi connectivity index (χ0n) is 6.30. The molecule has 0 unspecified atom stereocenters. The van der Waals surface area contributed by atoms with Crippen LogP contribution in [0.2, 0.25) is 0 Å². The van der Waals surface area contributed by atoms with E-state index in [1.165, 1.54) is 12.1 Å². The Hall–Kier alpha value is -1.09. The van der Waals surface area contributed by atoms with Gasteiger partial charge in [0.2, 0.25) is 0 Å². The molecular formula is C8H8ClFN2. The van der Waals surface area contributed by atoms with Crippen molar-refractivity contribution in [2.75, 3.05) is 5.88 Å². The molecule has 4 heteroatoms. The number of nitrogens with zero attached hydrogens (tertiary/aromatic N) is 1. The molecular weight excluding hydrogens is 179 g/mol. The Bertz CT molecular complexity index is 299. The van der Waals surface area contributed by atoms with Crippen LogP contribution in [0.3, 0.4) is 0 Å². The van der Waals surface area contributed by atoms with Gasteiger partial charge in [0.25, 0.3) is 0 Å². The van der Waals surface area contributed by atoms with E-state index >= 15 is 0 Å². The third kappa shape index (κ3) is 2.51. The molecule has 1 aromatic rings. The van der Waals surface area contributed by atoms with Gasteiger partial charge in [0.1, 0.15) is 11.7 Å². The highest BCUT2D eigenvalue weighted by molar-refractivity contribution is 6.28. The van der Waals surface area contributed by atoms with Crippen LogP contribution in [0.25, 0.3) is 0 Å². The summed E-state index contributed by atoms with van der Waals surface area (Å²) in [6.07, 6.45) is 0. The number of hydrogen-bond donors (Lipinski definition) is 1. The lowest BCUT2D eigenvalue weighted by atomic mass is 10.3. The Kier molecular flexibility index (Phi) is 3.05. The van der Waals surface area contributed by atoms with E-state index in [0.717, 1.165) is 0 Å². The largest absolute Gasteiger partial charge is 0.386 e. The van der Waals surface area contributed by atoms with Crippen molar-refractivity contribution in [1.29, 1.82) is 0 Å². The van der Waals surface area contributed by atoms with E-state index in [1.54, 1.807) is 12.1 Å². The number of halogens is 2.